The second-order valence-electron chi connectivity index (χ2n) is 8.96. The topological polar surface area (TPSA) is 59.3 Å². The molecule has 6 rings (SSSR count). The van der Waals surface area contributed by atoms with Crippen LogP contribution in [-0.4, -0.2) is 57.6 Å². The Morgan fingerprint density at radius 2 is 1.66 bits per heavy atom. The number of rotatable bonds is 4. The zero-order chi connectivity index (χ0) is 22.4. The van der Waals surface area contributed by atoms with Gasteiger partial charge in [-0.25, -0.2) is 4.68 Å². The van der Waals surface area contributed by atoms with E-state index in [0.29, 0.717) is 6.61 Å². The monoisotopic (exact) mass is 512 g/mol. The van der Waals surface area contributed by atoms with E-state index in [1.807, 2.05) is 18.5 Å². The third-order valence-corrected chi connectivity index (χ3v) is 6.87. The van der Waals surface area contributed by atoms with Crippen LogP contribution in [-0.2, 0) is 13.0 Å². The molecule has 7 nitrogen and oxygen atoms in total. The number of hydrogen-bond donors (Lipinski definition) is 0. The SMILES string of the molecule is Cc1ccc2c(N3CCN(CCc4cccc5c4OCc4c(C)nnn4-5)CC3)cccc2n1.Cl.Cl. The molecule has 35 heavy (non-hydrogen) atoms. The van der Waals surface area contributed by atoms with Gasteiger partial charge < -0.3 is 9.64 Å². The highest BCUT2D eigenvalue weighted by Gasteiger charge is 2.24. The van der Waals surface area contributed by atoms with Crippen molar-refractivity contribution in [3.63, 3.8) is 0 Å². The maximum Gasteiger partial charge on any atom is 0.148 e. The van der Waals surface area contributed by atoms with Gasteiger partial charge in [-0.3, -0.25) is 9.88 Å². The number of benzene rings is 2. The average molecular weight is 513 g/mol. The Morgan fingerprint density at radius 3 is 2.49 bits per heavy atom. The molecule has 2 aromatic carbocycles. The number of halogens is 2. The zero-order valence-electron chi connectivity index (χ0n) is 20.0. The Kier molecular flexibility index (Phi) is 7.50. The molecule has 0 amide bonds. The molecule has 1 saturated heterocycles. The highest BCUT2D eigenvalue weighted by Crippen LogP contribution is 2.33. The molecule has 184 valence electrons. The van der Waals surface area contributed by atoms with Gasteiger partial charge in [0, 0.05) is 49.5 Å². The molecular weight excluding hydrogens is 483 g/mol. The second-order valence-corrected chi connectivity index (χ2v) is 8.96. The van der Waals surface area contributed by atoms with E-state index in [1.54, 1.807) is 0 Å². The summed E-state index contributed by atoms with van der Waals surface area (Å²) in [4.78, 5) is 9.75. The summed E-state index contributed by atoms with van der Waals surface area (Å²) in [6.45, 7) is 9.73. The number of piperazine rings is 1. The summed E-state index contributed by atoms with van der Waals surface area (Å²) >= 11 is 0. The van der Waals surface area contributed by atoms with E-state index in [1.165, 1.54) is 16.6 Å². The quantitative estimate of drug-likeness (QED) is 0.400. The third-order valence-electron chi connectivity index (χ3n) is 6.87. The maximum atomic E-state index is 6.15. The summed E-state index contributed by atoms with van der Waals surface area (Å²) in [6, 6.07) is 17.1. The Labute approximate surface area is 217 Å². The number of para-hydroxylation sites is 1. The lowest BCUT2D eigenvalue weighted by molar-refractivity contribution is 0.254. The van der Waals surface area contributed by atoms with E-state index in [9.17, 15) is 0 Å². The van der Waals surface area contributed by atoms with Crippen LogP contribution in [0, 0.1) is 13.8 Å². The molecular formula is C26H30Cl2N6O. The molecule has 2 aliphatic heterocycles. The van der Waals surface area contributed by atoms with Gasteiger partial charge in [0.15, 0.2) is 0 Å². The van der Waals surface area contributed by atoms with Gasteiger partial charge in [0.2, 0.25) is 0 Å². The summed E-state index contributed by atoms with van der Waals surface area (Å²) in [5.41, 5.74) is 7.64. The molecule has 0 spiro atoms. The van der Waals surface area contributed by atoms with Crippen LogP contribution in [0.2, 0.25) is 0 Å². The van der Waals surface area contributed by atoms with E-state index in [2.05, 4.69) is 68.6 Å². The summed E-state index contributed by atoms with van der Waals surface area (Å²) in [6.07, 6.45) is 0.962. The van der Waals surface area contributed by atoms with E-state index in [4.69, 9.17) is 9.72 Å². The molecule has 0 saturated carbocycles. The highest BCUT2D eigenvalue weighted by atomic mass is 35.5. The summed E-state index contributed by atoms with van der Waals surface area (Å²) in [5.74, 6) is 0.951. The van der Waals surface area contributed by atoms with Crippen molar-refractivity contribution in [1.29, 1.82) is 0 Å². The van der Waals surface area contributed by atoms with Gasteiger partial charge in [0.05, 0.1) is 11.2 Å². The molecule has 4 heterocycles. The number of ether oxygens (including phenoxy) is 1. The number of pyridine rings is 1. The van der Waals surface area contributed by atoms with Gasteiger partial charge in [-0.05, 0) is 56.2 Å². The highest BCUT2D eigenvalue weighted by molar-refractivity contribution is 5.92. The Morgan fingerprint density at radius 1 is 0.886 bits per heavy atom. The Hall–Kier alpha value is -2.87. The molecule has 0 aliphatic carbocycles. The molecule has 2 aliphatic rings. The minimum absolute atomic E-state index is 0. The molecule has 0 unspecified atom stereocenters. The first-order valence-corrected chi connectivity index (χ1v) is 11.7. The van der Waals surface area contributed by atoms with Crippen LogP contribution in [0.1, 0.15) is 22.6 Å². The number of hydrogen-bond acceptors (Lipinski definition) is 6. The maximum absolute atomic E-state index is 6.15. The third kappa shape index (κ3) is 4.68. The second kappa shape index (κ2) is 10.4. The minimum atomic E-state index is 0. The van der Waals surface area contributed by atoms with Crippen molar-refractivity contribution in [1.82, 2.24) is 24.9 Å². The van der Waals surface area contributed by atoms with E-state index in [0.717, 1.165) is 73.2 Å². The lowest BCUT2D eigenvalue weighted by Crippen LogP contribution is -2.47. The Bertz CT molecular complexity index is 1330. The van der Waals surface area contributed by atoms with Crippen molar-refractivity contribution in [3.05, 3.63) is 71.2 Å². The van der Waals surface area contributed by atoms with Gasteiger partial charge in [-0.1, -0.05) is 23.4 Å². The zero-order valence-corrected chi connectivity index (χ0v) is 21.6. The van der Waals surface area contributed by atoms with Gasteiger partial charge in [-0.15, -0.1) is 29.9 Å². The number of aryl methyl sites for hydroxylation is 2. The largest absolute Gasteiger partial charge is 0.485 e. The van der Waals surface area contributed by atoms with Crippen molar-refractivity contribution in [3.8, 4) is 11.4 Å². The molecule has 0 N–H and O–H groups in total. The fourth-order valence-electron chi connectivity index (χ4n) is 4.99. The van der Waals surface area contributed by atoms with Crippen LogP contribution in [0.15, 0.2) is 48.5 Å². The van der Waals surface area contributed by atoms with Crippen molar-refractivity contribution in [2.24, 2.45) is 0 Å². The first-order valence-electron chi connectivity index (χ1n) is 11.7. The normalized spacial score (nSPS) is 15.0. The molecule has 2 aromatic heterocycles. The van der Waals surface area contributed by atoms with E-state index >= 15 is 0 Å². The van der Waals surface area contributed by atoms with Crippen molar-refractivity contribution in [2.75, 3.05) is 37.6 Å². The van der Waals surface area contributed by atoms with Crippen LogP contribution < -0.4 is 9.64 Å². The van der Waals surface area contributed by atoms with Crippen LogP contribution in [0.25, 0.3) is 16.6 Å². The van der Waals surface area contributed by atoms with Gasteiger partial charge in [-0.2, -0.15) is 0 Å². The first kappa shape index (κ1) is 25.2. The van der Waals surface area contributed by atoms with E-state index < -0.39 is 0 Å². The number of aromatic nitrogens is 4. The lowest BCUT2D eigenvalue weighted by atomic mass is 10.1. The van der Waals surface area contributed by atoms with Crippen molar-refractivity contribution in [2.45, 2.75) is 26.9 Å². The average Bonchev–Trinajstić information content (AvgIpc) is 3.23. The van der Waals surface area contributed by atoms with Crippen LogP contribution in [0.3, 0.4) is 0 Å². The van der Waals surface area contributed by atoms with E-state index in [-0.39, 0.29) is 24.8 Å². The molecule has 0 bridgehead atoms. The standard InChI is InChI=1S/C26H28N6O.2ClH/c1-18-9-10-21-22(27-18)6-4-7-23(21)31-15-13-30(14-16-31)12-11-20-5-3-8-24-26(20)33-17-25-19(2)28-29-32(24)25;;/h3-10H,11-17H2,1-2H3;2*1H. The number of fused-ring (bicyclic) bond motifs is 4. The Balaban J connectivity index is 0.00000144. The summed E-state index contributed by atoms with van der Waals surface area (Å²) < 4.78 is 8.08. The number of nitrogens with zero attached hydrogens (tertiary/aromatic N) is 6. The molecule has 4 aromatic rings. The first-order chi connectivity index (χ1) is 16.2. The summed E-state index contributed by atoms with van der Waals surface area (Å²) in [5, 5.41) is 9.78. The van der Waals surface area contributed by atoms with Gasteiger partial charge in [0.25, 0.3) is 0 Å². The fourth-order valence-corrected chi connectivity index (χ4v) is 4.99. The van der Waals surface area contributed by atoms with Crippen molar-refractivity contribution >= 4 is 41.4 Å². The predicted octanol–water partition coefficient (Wildman–Crippen LogP) is 4.53. The smallest absolute Gasteiger partial charge is 0.148 e. The van der Waals surface area contributed by atoms with Gasteiger partial charge >= 0.3 is 0 Å². The summed E-state index contributed by atoms with van der Waals surface area (Å²) in [7, 11) is 0. The van der Waals surface area contributed by atoms with Crippen LogP contribution in [0.5, 0.6) is 5.75 Å². The van der Waals surface area contributed by atoms with Crippen molar-refractivity contribution < 1.29 is 4.74 Å². The lowest BCUT2D eigenvalue weighted by Gasteiger charge is -2.36. The minimum Gasteiger partial charge on any atom is -0.485 e. The number of anilines is 1. The molecule has 0 radical (unpaired) electrons. The predicted molar refractivity (Wildman–Crippen MR) is 144 cm³/mol. The molecule has 9 heteroatoms. The van der Waals surface area contributed by atoms with Crippen LogP contribution in [0.4, 0.5) is 5.69 Å². The van der Waals surface area contributed by atoms with Crippen LogP contribution >= 0.6 is 24.8 Å². The molecule has 0 atom stereocenters. The fraction of sp³-hybridized carbons (Fsp3) is 0.346. The van der Waals surface area contributed by atoms with Gasteiger partial charge in [0.1, 0.15) is 23.7 Å². The molecule has 1 fully saturated rings.